The maximum absolute atomic E-state index is 6.50. The van der Waals surface area contributed by atoms with E-state index in [-0.39, 0.29) is 5.38 Å². The van der Waals surface area contributed by atoms with Crippen LogP contribution in [0.5, 0.6) is 0 Å². The summed E-state index contributed by atoms with van der Waals surface area (Å²) in [4.78, 5) is 0. The molecule has 1 unspecified atom stereocenters. The van der Waals surface area contributed by atoms with Gasteiger partial charge in [-0.15, -0.1) is 11.6 Å². The summed E-state index contributed by atoms with van der Waals surface area (Å²) in [6.45, 7) is 4.34. The van der Waals surface area contributed by atoms with Gasteiger partial charge in [0.15, 0.2) is 0 Å². The lowest BCUT2D eigenvalue weighted by molar-refractivity contribution is 0.865. The van der Waals surface area contributed by atoms with Gasteiger partial charge in [0.25, 0.3) is 0 Å². The minimum absolute atomic E-state index is 0.285. The van der Waals surface area contributed by atoms with Crippen LogP contribution in [0, 0.1) is 0 Å². The van der Waals surface area contributed by atoms with Gasteiger partial charge in [0.1, 0.15) is 0 Å². The third-order valence-corrected chi connectivity index (χ3v) is 4.19. The van der Waals surface area contributed by atoms with E-state index in [1.807, 2.05) is 18.2 Å². The van der Waals surface area contributed by atoms with Crippen molar-refractivity contribution in [3.63, 3.8) is 0 Å². The van der Waals surface area contributed by atoms with Crippen molar-refractivity contribution in [2.75, 3.05) is 0 Å². The van der Waals surface area contributed by atoms with Gasteiger partial charge in [-0.3, -0.25) is 0 Å². The smallest absolute Gasteiger partial charge is 0.0850 e. The van der Waals surface area contributed by atoms with Crippen molar-refractivity contribution in [2.45, 2.75) is 25.1 Å². The van der Waals surface area contributed by atoms with Gasteiger partial charge in [-0.25, -0.2) is 0 Å². The second kappa shape index (κ2) is 6.17. The molecule has 0 fully saturated rings. The Morgan fingerprint density at radius 1 is 0.842 bits per heavy atom. The first-order valence-electron chi connectivity index (χ1n) is 6.18. The van der Waals surface area contributed by atoms with Crippen LogP contribution in [-0.2, 0) is 0 Å². The fraction of sp³-hybridized carbons (Fsp3) is 0.250. The predicted molar refractivity (Wildman–Crippen MR) is 84.7 cm³/mol. The van der Waals surface area contributed by atoms with Crippen molar-refractivity contribution in [1.29, 1.82) is 0 Å². The van der Waals surface area contributed by atoms with Crippen molar-refractivity contribution >= 4 is 34.8 Å². The Labute approximate surface area is 129 Å². The number of hydrogen-bond acceptors (Lipinski definition) is 0. The van der Waals surface area contributed by atoms with E-state index < -0.39 is 0 Å². The number of hydrogen-bond donors (Lipinski definition) is 0. The molecule has 0 N–H and O–H groups in total. The number of benzene rings is 2. The molecular weight excluding hydrogens is 299 g/mol. The summed E-state index contributed by atoms with van der Waals surface area (Å²) in [7, 11) is 0. The summed E-state index contributed by atoms with van der Waals surface area (Å²) in [5, 5.41) is 0.994. The van der Waals surface area contributed by atoms with Gasteiger partial charge >= 0.3 is 0 Å². The van der Waals surface area contributed by atoms with E-state index in [0.29, 0.717) is 16.0 Å². The van der Waals surface area contributed by atoms with Crippen LogP contribution in [0.1, 0.15) is 41.8 Å². The van der Waals surface area contributed by atoms with Crippen molar-refractivity contribution < 1.29 is 0 Å². The SMILES string of the molecule is CC(C)c1ccc(C(Cl)c2cc(Cl)ccc2Cl)cc1. The Bertz CT molecular complexity index is 559. The highest BCUT2D eigenvalue weighted by atomic mass is 35.5. The molecule has 0 aliphatic carbocycles. The van der Waals surface area contributed by atoms with Crippen LogP contribution in [0.15, 0.2) is 42.5 Å². The average Bonchev–Trinajstić information content (AvgIpc) is 2.41. The Hall–Kier alpha value is -0.690. The summed E-state index contributed by atoms with van der Waals surface area (Å²) in [6, 6.07) is 13.7. The molecule has 2 aromatic rings. The molecule has 2 rings (SSSR count). The Kier molecular flexibility index (Phi) is 4.78. The molecule has 0 radical (unpaired) electrons. The molecule has 0 aromatic heterocycles. The zero-order chi connectivity index (χ0) is 14.0. The van der Waals surface area contributed by atoms with Crippen LogP contribution in [0.3, 0.4) is 0 Å². The molecule has 0 nitrogen and oxygen atoms in total. The topological polar surface area (TPSA) is 0 Å². The second-order valence-electron chi connectivity index (χ2n) is 4.85. The van der Waals surface area contributed by atoms with Crippen LogP contribution in [-0.4, -0.2) is 0 Å². The first-order chi connectivity index (χ1) is 8.99. The molecule has 0 bridgehead atoms. The maximum atomic E-state index is 6.50. The zero-order valence-electron chi connectivity index (χ0n) is 10.8. The lowest BCUT2D eigenvalue weighted by Gasteiger charge is -2.14. The van der Waals surface area contributed by atoms with E-state index in [1.165, 1.54) is 5.56 Å². The van der Waals surface area contributed by atoms with E-state index in [1.54, 1.807) is 12.1 Å². The van der Waals surface area contributed by atoms with E-state index in [0.717, 1.165) is 11.1 Å². The number of rotatable bonds is 3. The first-order valence-corrected chi connectivity index (χ1v) is 7.37. The maximum Gasteiger partial charge on any atom is 0.0850 e. The van der Waals surface area contributed by atoms with Gasteiger partial charge < -0.3 is 0 Å². The zero-order valence-corrected chi connectivity index (χ0v) is 13.1. The number of halogens is 3. The Morgan fingerprint density at radius 3 is 2.00 bits per heavy atom. The van der Waals surface area contributed by atoms with Crippen molar-refractivity contribution in [3.05, 3.63) is 69.2 Å². The Morgan fingerprint density at radius 2 is 1.42 bits per heavy atom. The minimum atomic E-state index is -0.285. The third-order valence-electron chi connectivity index (χ3n) is 3.13. The quantitative estimate of drug-likeness (QED) is 0.571. The first kappa shape index (κ1) is 14.7. The standard InChI is InChI=1S/C16H15Cl3/c1-10(2)11-3-5-12(6-4-11)16(19)14-9-13(17)7-8-15(14)18/h3-10,16H,1-2H3. The Balaban J connectivity index is 2.33. The molecule has 3 heteroatoms. The summed E-state index contributed by atoms with van der Waals surface area (Å²) in [5.41, 5.74) is 3.16. The van der Waals surface area contributed by atoms with Crippen LogP contribution >= 0.6 is 34.8 Å². The molecule has 0 aliphatic heterocycles. The lowest BCUT2D eigenvalue weighted by Crippen LogP contribution is -1.96. The molecule has 100 valence electrons. The third kappa shape index (κ3) is 3.45. The van der Waals surface area contributed by atoms with Crippen LogP contribution in [0.2, 0.25) is 10.0 Å². The van der Waals surface area contributed by atoms with Gasteiger partial charge in [0.2, 0.25) is 0 Å². The summed E-state index contributed by atoms with van der Waals surface area (Å²) in [5.74, 6) is 0.512. The van der Waals surface area contributed by atoms with Gasteiger partial charge in [0.05, 0.1) is 5.38 Å². The van der Waals surface area contributed by atoms with Crippen molar-refractivity contribution in [2.24, 2.45) is 0 Å². The second-order valence-corrected chi connectivity index (χ2v) is 6.13. The van der Waals surface area contributed by atoms with Crippen LogP contribution in [0.4, 0.5) is 0 Å². The van der Waals surface area contributed by atoms with E-state index in [4.69, 9.17) is 34.8 Å². The molecule has 2 aromatic carbocycles. The molecular formula is C16H15Cl3. The summed E-state index contributed by atoms with van der Waals surface area (Å²) >= 11 is 18.7. The fourth-order valence-electron chi connectivity index (χ4n) is 1.94. The van der Waals surface area contributed by atoms with Crippen molar-refractivity contribution in [3.8, 4) is 0 Å². The van der Waals surface area contributed by atoms with E-state index >= 15 is 0 Å². The highest BCUT2D eigenvalue weighted by molar-refractivity contribution is 6.35. The van der Waals surface area contributed by atoms with Crippen molar-refractivity contribution in [1.82, 2.24) is 0 Å². The minimum Gasteiger partial charge on any atom is -0.113 e. The highest BCUT2D eigenvalue weighted by Gasteiger charge is 2.15. The summed E-state index contributed by atoms with van der Waals surface area (Å²) < 4.78 is 0. The van der Waals surface area contributed by atoms with Gasteiger partial charge in [0, 0.05) is 10.0 Å². The van der Waals surface area contributed by atoms with Gasteiger partial charge in [-0.05, 0) is 40.8 Å². The molecule has 0 saturated carbocycles. The normalized spacial score (nSPS) is 12.7. The molecule has 0 heterocycles. The van der Waals surface area contributed by atoms with E-state index in [9.17, 15) is 0 Å². The molecule has 1 atom stereocenters. The largest absolute Gasteiger partial charge is 0.113 e. The molecule has 0 aliphatic rings. The summed E-state index contributed by atoms with van der Waals surface area (Å²) in [6.07, 6.45) is 0. The van der Waals surface area contributed by atoms with E-state index in [2.05, 4.69) is 26.0 Å². The average molecular weight is 314 g/mol. The fourth-order valence-corrected chi connectivity index (χ4v) is 2.73. The monoisotopic (exact) mass is 312 g/mol. The van der Waals surface area contributed by atoms with Crippen LogP contribution < -0.4 is 0 Å². The van der Waals surface area contributed by atoms with Crippen LogP contribution in [0.25, 0.3) is 0 Å². The molecule has 0 spiro atoms. The molecule has 0 amide bonds. The van der Waals surface area contributed by atoms with Gasteiger partial charge in [-0.1, -0.05) is 61.3 Å². The lowest BCUT2D eigenvalue weighted by atomic mass is 9.98. The molecule has 19 heavy (non-hydrogen) atoms. The highest BCUT2D eigenvalue weighted by Crippen LogP contribution is 2.35. The predicted octanol–water partition coefficient (Wildman–Crippen LogP) is 6.45. The van der Waals surface area contributed by atoms with Gasteiger partial charge in [-0.2, -0.15) is 0 Å². The molecule has 0 saturated heterocycles. The number of alkyl halides is 1.